The van der Waals surface area contributed by atoms with Crippen LogP contribution in [0.3, 0.4) is 0 Å². The molecule has 0 atom stereocenters. The van der Waals surface area contributed by atoms with Crippen molar-refractivity contribution in [1.29, 1.82) is 0 Å². The van der Waals surface area contributed by atoms with Gasteiger partial charge in [0.2, 0.25) is 0 Å². The zero-order valence-corrected chi connectivity index (χ0v) is 11.5. The number of rotatable bonds is 3. The van der Waals surface area contributed by atoms with E-state index in [-0.39, 0.29) is 18.8 Å². The van der Waals surface area contributed by atoms with Crippen LogP contribution in [0.5, 0.6) is 0 Å². The SMILES string of the molecule is CC(C)(C)OCCN1C(=O)C(=O)c2c(F)ccc(F)c21. The summed E-state index contributed by atoms with van der Waals surface area (Å²) in [7, 11) is 0. The monoisotopic (exact) mass is 283 g/mol. The van der Waals surface area contributed by atoms with Crippen molar-refractivity contribution < 1.29 is 23.1 Å². The molecule has 0 N–H and O–H groups in total. The summed E-state index contributed by atoms with van der Waals surface area (Å²) in [6, 6.07) is 1.74. The van der Waals surface area contributed by atoms with Crippen LogP contribution in [0.15, 0.2) is 12.1 Å². The first-order valence-corrected chi connectivity index (χ1v) is 6.20. The van der Waals surface area contributed by atoms with Crippen molar-refractivity contribution >= 4 is 17.4 Å². The molecule has 0 radical (unpaired) electrons. The van der Waals surface area contributed by atoms with Crippen molar-refractivity contribution in [3.8, 4) is 0 Å². The van der Waals surface area contributed by atoms with Crippen LogP contribution in [0.2, 0.25) is 0 Å². The Hall–Kier alpha value is -1.82. The fraction of sp³-hybridized carbons (Fsp3) is 0.429. The summed E-state index contributed by atoms with van der Waals surface area (Å²) in [4.78, 5) is 24.4. The topological polar surface area (TPSA) is 46.6 Å². The van der Waals surface area contributed by atoms with Crippen LogP contribution in [-0.4, -0.2) is 30.4 Å². The lowest BCUT2D eigenvalue weighted by Gasteiger charge is -2.22. The molecule has 0 bridgehead atoms. The third-order valence-electron chi connectivity index (χ3n) is 2.86. The highest BCUT2D eigenvalue weighted by Gasteiger charge is 2.40. The average molecular weight is 283 g/mol. The Bertz CT molecular complexity index is 579. The van der Waals surface area contributed by atoms with Crippen molar-refractivity contribution in [3.05, 3.63) is 29.3 Å². The Morgan fingerprint density at radius 2 is 1.75 bits per heavy atom. The molecule has 1 aromatic rings. The largest absolute Gasteiger partial charge is 0.374 e. The van der Waals surface area contributed by atoms with E-state index in [0.29, 0.717) is 0 Å². The summed E-state index contributed by atoms with van der Waals surface area (Å²) in [5, 5.41) is 0. The molecular formula is C14H15F2NO3. The molecule has 2 rings (SSSR count). The van der Waals surface area contributed by atoms with Gasteiger partial charge in [-0.05, 0) is 32.9 Å². The van der Waals surface area contributed by atoms with E-state index >= 15 is 0 Å². The highest BCUT2D eigenvalue weighted by atomic mass is 19.1. The molecular weight excluding hydrogens is 268 g/mol. The first-order valence-electron chi connectivity index (χ1n) is 6.20. The van der Waals surface area contributed by atoms with Gasteiger partial charge >= 0.3 is 0 Å². The Kier molecular flexibility index (Phi) is 3.60. The molecule has 0 fully saturated rings. The third kappa shape index (κ3) is 2.56. The van der Waals surface area contributed by atoms with E-state index in [4.69, 9.17) is 4.74 Å². The maximum absolute atomic E-state index is 13.8. The second-order valence-corrected chi connectivity index (χ2v) is 5.50. The summed E-state index contributed by atoms with van der Waals surface area (Å²) in [6.45, 7) is 5.61. The van der Waals surface area contributed by atoms with Crippen LogP contribution in [-0.2, 0) is 9.53 Å². The number of hydrogen-bond acceptors (Lipinski definition) is 3. The van der Waals surface area contributed by atoms with E-state index in [1.54, 1.807) is 0 Å². The van der Waals surface area contributed by atoms with Gasteiger partial charge < -0.3 is 4.74 Å². The molecule has 0 aliphatic carbocycles. The molecule has 1 amide bonds. The number of amides is 1. The molecule has 108 valence electrons. The maximum atomic E-state index is 13.8. The predicted molar refractivity (Wildman–Crippen MR) is 68.7 cm³/mol. The number of benzene rings is 1. The molecule has 0 spiro atoms. The van der Waals surface area contributed by atoms with Crippen molar-refractivity contribution in [2.75, 3.05) is 18.1 Å². The van der Waals surface area contributed by atoms with Crippen molar-refractivity contribution in [1.82, 2.24) is 0 Å². The van der Waals surface area contributed by atoms with E-state index in [1.165, 1.54) is 0 Å². The molecule has 1 heterocycles. The normalized spacial score (nSPS) is 14.9. The minimum atomic E-state index is -1.02. The summed E-state index contributed by atoms with van der Waals surface area (Å²) in [6.07, 6.45) is 0. The van der Waals surface area contributed by atoms with E-state index < -0.39 is 34.5 Å². The fourth-order valence-corrected chi connectivity index (χ4v) is 2.01. The van der Waals surface area contributed by atoms with Gasteiger partial charge in [-0.3, -0.25) is 14.5 Å². The van der Waals surface area contributed by atoms with Crippen LogP contribution in [0.1, 0.15) is 31.1 Å². The van der Waals surface area contributed by atoms with Gasteiger partial charge in [0.1, 0.15) is 11.6 Å². The molecule has 1 aliphatic rings. The number of fused-ring (bicyclic) bond motifs is 1. The second-order valence-electron chi connectivity index (χ2n) is 5.50. The van der Waals surface area contributed by atoms with Crippen LogP contribution in [0, 0.1) is 11.6 Å². The molecule has 4 nitrogen and oxygen atoms in total. The van der Waals surface area contributed by atoms with Crippen molar-refractivity contribution in [2.45, 2.75) is 26.4 Å². The summed E-state index contributed by atoms with van der Waals surface area (Å²) in [5.41, 5.74) is -1.21. The highest BCUT2D eigenvalue weighted by molar-refractivity contribution is 6.52. The lowest BCUT2D eigenvalue weighted by Crippen LogP contribution is -2.35. The number of Topliss-reactive ketones (excluding diaryl/α,β-unsaturated/α-hetero) is 1. The number of hydrogen-bond donors (Lipinski definition) is 0. The Labute approximate surface area is 115 Å². The smallest absolute Gasteiger partial charge is 0.299 e. The van der Waals surface area contributed by atoms with Gasteiger partial charge in [0.15, 0.2) is 0 Å². The number of anilines is 1. The molecule has 1 aromatic carbocycles. The number of carbonyl (C=O) groups excluding carboxylic acids is 2. The highest BCUT2D eigenvalue weighted by Crippen LogP contribution is 2.33. The Morgan fingerprint density at radius 1 is 1.15 bits per heavy atom. The lowest BCUT2D eigenvalue weighted by atomic mass is 10.1. The number of ether oxygens (including phenoxy) is 1. The van der Waals surface area contributed by atoms with E-state index in [2.05, 4.69) is 0 Å². The first kappa shape index (κ1) is 14.6. The van der Waals surface area contributed by atoms with E-state index in [0.717, 1.165) is 17.0 Å². The quantitative estimate of drug-likeness (QED) is 0.800. The van der Waals surface area contributed by atoms with Crippen LogP contribution in [0.25, 0.3) is 0 Å². The van der Waals surface area contributed by atoms with E-state index in [1.807, 2.05) is 20.8 Å². The van der Waals surface area contributed by atoms with Gasteiger partial charge in [-0.2, -0.15) is 0 Å². The molecule has 0 saturated heterocycles. The van der Waals surface area contributed by atoms with Gasteiger partial charge in [-0.1, -0.05) is 0 Å². The van der Waals surface area contributed by atoms with Crippen LogP contribution < -0.4 is 4.90 Å². The molecule has 6 heteroatoms. The average Bonchev–Trinajstić information content (AvgIpc) is 2.58. The molecule has 0 unspecified atom stereocenters. The number of halogens is 2. The molecule has 0 saturated carbocycles. The third-order valence-corrected chi connectivity index (χ3v) is 2.86. The summed E-state index contributed by atoms with van der Waals surface area (Å²) < 4.78 is 32.8. The number of carbonyl (C=O) groups is 2. The van der Waals surface area contributed by atoms with Gasteiger partial charge in [-0.25, -0.2) is 8.78 Å². The Balaban J connectivity index is 2.27. The molecule has 1 aliphatic heterocycles. The van der Waals surface area contributed by atoms with Gasteiger partial charge in [-0.15, -0.1) is 0 Å². The van der Waals surface area contributed by atoms with Gasteiger partial charge in [0.05, 0.1) is 23.5 Å². The number of nitrogens with zero attached hydrogens (tertiary/aromatic N) is 1. The first-order chi connectivity index (χ1) is 9.22. The van der Waals surface area contributed by atoms with E-state index in [9.17, 15) is 18.4 Å². The van der Waals surface area contributed by atoms with Crippen LogP contribution in [0.4, 0.5) is 14.5 Å². The maximum Gasteiger partial charge on any atom is 0.299 e. The second kappa shape index (κ2) is 4.94. The summed E-state index contributed by atoms with van der Waals surface area (Å²) >= 11 is 0. The minimum Gasteiger partial charge on any atom is -0.374 e. The fourth-order valence-electron chi connectivity index (χ4n) is 2.01. The van der Waals surface area contributed by atoms with Crippen molar-refractivity contribution in [2.24, 2.45) is 0 Å². The predicted octanol–water partition coefficient (Wildman–Crippen LogP) is 2.31. The van der Waals surface area contributed by atoms with Crippen molar-refractivity contribution in [3.63, 3.8) is 0 Å². The zero-order chi connectivity index (χ0) is 15.1. The summed E-state index contributed by atoms with van der Waals surface area (Å²) in [5.74, 6) is -3.63. The molecule has 20 heavy (non-hydrogen) atoms. The van der Waals surface area contributed by atoms with Crippen LogP contribution >= 0.6 is 0 Å². The number of ketones is 1. The van der Waals surface area contributed by atoms with Gasteiger partial charge in [0.25, 0.3) is 11.7 Å². The zero-order valence-electron chi connectivity index (χ0n) is 11.5. The minimum absolute atomic E-state index is 0.00475. The molecule has 0 aromatic heterocycles. The van der Waals surface area contributed by atoms with Gasteiger partial charge in [0, 0.05) is 6.54 Å². The Morgan fingerprint density at radius 3 is 2.35 bits per heavy atom. The standard InChI is InChI=1S/C14H15F2NO3/c1-14(2,3)20-7-6-17-11-9(16)5-4-8(15)10(11)12(18)13(17)19/h4-5H,6-7H2,1-3H3. The lowest BCUT2D eigenvalue weighted by molar-refractivity contribution is -0.114.